The third kappa shape index (κ3) is 6.56. The van der Waals surface area contributed by atoms with Crippen molar-refractivity contribution in [2.24, 2.45) is 5.92 Å². The van der Waals surface area contributed by atoms with E-state index >= 15 is 0 Å². The number of nitrogens with one attached hydrogen (secondary N) is 1. The number of anilines is 1. The lowest BCUT2D eigenvalue weighted by Crippen LogP contribution is -2.48. The van der Waals surface area contributed by atoms with Gasteiger partial charge in [0.1, 0.15) is 0 Å². The topological polar surface area (TPSA) is 82.1 Å². The molecule has 0 fully saturated rings. The van der Waals surface area contributed by atoms with Crippen LogP contribution in [-0.4, -0.2) is 65.7 Å². The highest BCUT2D eigenvalue weighted by atomic mass is 35.5. The molecule has 0 spiro atoms. The van der Waals surface area contributed by atoms with Gasteiger partial charge in [-0.05, 0) is 41.8 Å². The summed E-state index contributed by atoms with van der Waals surface area (Å²) < 4.78 is 6.47. The number of nitrogens with zero attached hydrogens (tertiary/aromatic N) is 2. The van der Waals surface area contributed by atoms with Crippen LogP contribution in [0.15, 0.2) is 66.7 Å². The van der Waals surface area contributed by atoms with Gasteiger partial charge in [0.2, 0.25) is 0 Å². The summed E-state index contributed by atoms with van der Waals surface area (Å²) in [4.78, 5) is 30.2. The van der Waals surface area contributed by atoms with Gasteiger partial charge >= 0.3 is 6.03 Å². The van der Waals surface area contributed by atoms with E-state index in [1.807, 2.05) is 62.4 Å². The van der Waals surface area contributed by atoms with Gasteiger partial charge < -0.3 is 25.0 Å². The molecular weight excluding hydrogens is 537 g/mol. The monoisotopic (exact) mass is 569 g/mol. The number of carbonyl (C=O) groups excluding carboxylic acids is 2. The van der Waals surface area contributed by atoms with Crippen molar-refractivity contribution in [3.8, 4) is 11.1 Å². The summed E-state index contributed by atoms with van der Waals surface area (Å²) in [6.07, 6.45) is -0.411. The summed E-state index contributed by atoms with van der Waals surface area (Å²) >= 11 is 12.4. The zero-order chi connectivity index (χ0) is 28.1. The summed E-state index contributed by atoms with van der Waals surface area (Å²) in [6, 6.07) is 19.6. The number of amides is 3. The van der Waals surface area contributed by atoms with Crippen LogP contribution in [0.4, 0.5) is 10.5 Å². The molecule has 1 heterocycles. The van der Waals surface area contributed by atoms with E-state index in [0.29, 0.717) is 29.4 Å². The molecule has 4 rings (SSSR count). The van der Waals surface area contributed by atoms with E-state index in [1.54, 1.807) is 30.1 Å². The van der Waals surface area contributed by atoms with Crippen LogP contribution in [0, 0.1) is 5.92 Å². The minimum Gasteiger partial charge on any atom is -0.394 e. The molecule has 9 heteroatoms. The Balaban J connectivity index is 1.65. The molecule has 0 aromatic heterocycles. The van der Waals surface area contributed by atoms with Crippen LogP contribution in [-0.2, 0) is 11.3 Å². The Morgan fingerprint density at radius 3 is 2.46 bits per heavy atom. The van der Waals surface area contributed by atoms with Crippen LogP contribution in [0.5, 0.6) is 0 Å². The quantitative estimate of drug-likeness (QED) is 0.384. The largest absolute Gasteiger partial charge is 0.394 e. The maximum atomic E-state index is 13.9. The molecule has 2 N–H and O–H groups in total. The Kier molecular flexibility index (Phi) is 9.51. The Labute approximate surface area is 239 Å². The first-order chi connectivity index (χ1) is 18.7. The van der Waals surface area contributed by atoms with Gasteiger partial charge in [0, 0.05) is 31.6 Å². The van der Waals surface area contributed by atoms with Crippen molar-refractivity contribution < 1.29 is 19.4 Å². The Bertz CT molecular complexity index is 1340. The van der Waals surface area contributed by atoms with Gasteiger partial charge in [0.25, 0.3) is 5.91 Å². The molecule has 39 heavy (non-hydrogen) atoms. The zero-order valence-corrected chi connectivity index (χ0v) is 23.7. The van der Waals surface area contributed by atoms with Crippen LogP contribution >= 0.6 is 23.2 Å². The molecule has 0 saturated heterocycles. The molecule has 0 aliphatic carbocycles. The normalized spacial score (nSPS) is 18.4. The van der Waals surface area contributed by atoms with Crippen molar-refractivity contribution in [2.45, 2.75) is 32.6 Å². The number of likely N-dealkylation sites (N-methyl/N-ethyl adjacent to an activating group) is 1. The van der Waals surface area contributed by atoms with Crippen molar-refractivity contribution >= 4 is 40.8 Å². The molecular formula is C30H33Cl2N3O4. The third-order valence-corrected chi connectivity index (χ3v) is 7.91. The number of fused-ring (bicyclic) bond motifs is 3. The van der Waals surface area contributed by atoms with E-state index in [4.69, 9.17) is 27.9 Å². The van der Waals surface area contributed by atoms with E-state index in [2.05, 4.69) is 5.32 Å². The molecule has 206 valence electrons. The summed E-state index contributed by atoms with van der Waals surface area (Å²) in [5, 5.41) is 13.4. The number of hydrogen-bond acceptors (Lipinski definition) is 4. The Hall–Kier alpha value is -3.10. The minimum absolute atomic E-state index is 0.156. The second-order valence-electron chi connectivity index (χ2n) is 9.93. The molecule has 3 amide bonds. The minimum atomic E-state index is -0.411. The van der Waals surface area contributed by atoms with E-state index in [-0.39, 0.29) is 36.0 Å². The zero-order valence-electron chi connectivity index (χ0n) is 22.2. The van der Waals surface area contributed by atoms with Crippen molar-refractivity contribution in [2.75, 3.05) is 32.1 Å². The number of benzene rings is 3. The molecule has 0 radical (unpaired) electrons. The number of carbonyl (C=O) groups is 2. The smallest absolute Gasteiger partial charge is 0.321 e. The highest BCUT2D eigenvalue weighted by Crippen LogP contribution is 2.32. The number of halogens is 2. The lowest BCUT2D eigenvalue weighted by Gasteiger charge is -2.35. The molecule has 0 saturated carbocycles. The van der Waals surface area contributed by atoms with Gasteiger partial charge in [-0.25, -0.2) is 4.79 Å². The van der Waals surface area contributed by atoms with Gasteiger partial charge in [0.15, 0.2) is 0 Å². The highest BCUT2D eigenvalue weighted by molar-refractivity contribution is 6.43. The maximum Gasteiger partial charge on any atom is 0.321 e. The summed E-state index contributed by atoms with van der Waals surface area (Å²) in [7, 11) is 1.68. The Morgan fingerprint density at radius 1 is 1.08 bits per heavy atom. The van der Waals surface area contributed by atoms with Gasteiger partial charge in [-0.1, -0.05) is 78.7 Å². The van der Waals surface area contributed by atoms with Crippen LogP contribution in [0.25, 0.3) is 11.1 Å². The number of hydrogen-bond donors (Lipinski definition) is 2. The SMILES string of the molecule is C[C@H]1CN([C@@H](C)CO)C(=O)c2ccccc2-c2ccccc2CO[C@H]1CN(C)C(=O)Nc1cccc(Cl)c1Cl. The molecule has 3 atom stereocenters. The molecule has 3 aromatic rings. The molecule has 1 aliphatic rings. The fourth-order valence-electron chi connectivity index (χ4n) is 4.72. The van der Waals surface area contributed by atoms with Crippen molar-refractivity contribution in [1.29, 1.82) is 0 Å². The van der Waals surface area contributed by atoms with Gasteiger partial charge in [-0.2, -0.15) is 0 Å². The summed E-state index contributed by atoms with van der Waals surface area (Å²) in [6.45, 7) is 4.54. The van der Waals surface area contributed by atoms with E-state index in [9.17, 15) is 14.7 Å². The van der Waals surface area contributed by atoms with Crippen molar-refractivity contribution in [3.05, 3.63) is 87.9 Å². The number of ether oxygens (including phenoxy) is 1. The lowest BCUT2D eigenvalue weighted by atomic mass is 9.94. The van der Waals surface area contributed by atoms with Gasteiger partial charge in [0.05, 0.1) is 41.1 Å². The summed E-state index contributed by atoms with van der Waals surface area (Å²) in [5.74, 6) is -0.318. The Morgan fingerprint density at radius 2 is 1.74 bits per heavy atom. The average molecular weight is 571 g/mol. The molecule has 0 unspecified atom stereocenters. The number of urea groups is 1. The van der Waals surface area contributed by atoms with E-state index in [1.165, 1.54) is 4.90 Å². The van der Waals surface area contributed by atoms with Crippen LogP contribution in [0.2, 0.25) is 10.0 Å². The predicted molar refractivity (Wildman–Crippen MR) is 155 cm³/mol. The maximum absolute atomic E-state index is 13.9. The van der Waals surface area contributed by atoms with E-state index in [0.717, 1.165) is 16.7 Å². The summed E-state index contributed by atoms with van der Waals surface area (Å²) in [5.41, 5.74) is 3.66. The first-order valence-corrected chi connectivity index (χ1v) is 13.6. The second kappa shape index (κ2) is 12.8. The fraction of sp³-hybridized carbons (Fsp3) is 0.333. The highest BCUT2D eigenvalue weighted by Gasteiger charge is 2.31. The van der Waals surface area contributed by atoms with Crippen LogP contribution in [0.1, 0.15) is 29.8 Å². The average Bonchev–Trinajstić information content (AvgIpc) is 2.96. The molecule has 3 aromatic carbocycles. The molecule has 7 nitrogen and oxygen atoms in total. The van der Waals surface area contributed by atoms with Gasteiger partial charge in [-0.15, -0.1) is 0 Å². The number of aliphatic hydroxyl groups excluding tert-OH is 1. The standard InChI is InChI=1S/C30H33Cl2N3O4/c1-19-15-35(20(2)17-36)29(37)24-12-7-6-11-23(24)22-10-5-4-9-21(22)18-39-27(19)16-34(3)30(38)33-26-14-8-13-25(31)28(26)32/h4-14,19-20,27,36H,15-18H2,1-3H3,(H,33,38)/t19-,20-,27-/m0/s1. The van der Waals surface area contributed by atoms with Crippen molar-refractivity contribution in [3.63, 3.8) is 0 Å². The first kappa shape index (κ1) is 28.9. The van der Waals surface area contributed by atoms with Crippen LogP contribution in [0.3, 0.4) is 0 Å². The second-order valence-corrected chi connectivity index (χ2v) is 10.7. The van der Waals surface area contributed by atoms with Crippen molar-refractivity contribution in [1.82, 2.24) is 9.80 Å². The fourth-order valence-corrected chi connectivity index (χ4v) is 5.06. The third-order valence-electron chi connectivity index (χ3n) is 7.09. The van der Waals surface area contributed by atoms with Gasteiger partial charge in [-0.3, -0.25) is 4.79 Å². The van der Waals surface area contributed by atoms with Crippen LogP contribution < -0.4 is 5.32 Å². The number of rotatable bonds is 5. The predicted octanol–water partition coefficient (Wildman–Crippen LogP) is 6.18. The molecule has 0 bridgehead atoms. The number of aliphatic hydroxyl groups is 1. The first-order valence-electron chi connectivity index (χ1n) is 12.9. The molecule has 1 aliphatic heterocycles. The lowest BCUT2D eigenvalue weighted by molar-refractivity contribution is -0.0178. The van der Waals surface area contributed by atoms with E-state index < -0.39 is 12.1 Å².